The van der Waals surface area contributed by atoms with Crippen LogP contribution in [0.5, 0.6) is 0 Å². The van der Waals surface area contributed by atoms with Gasteiger partial charge in [-0.25, -0.2) is 0 Å². The largest absolute Gasteiger partial charge is 0.352 e. The van der Waals surface area contributed by atoms with Gasteiger partial charge in [0.05, 0.1) is 0 Å². The predicted molar refractivity (Wildman–Crippen MR) is 71.8 cm³/mol. The average molecular weight is 229 g/mol. The first kappa shape index (κ1) is 13.2. The van der Waals surface area contributed by atoms with Gasteiger partial charge in [0.25, 0.3) is 0 Å². The number of carbonyl (C=O) groups is 1. The molecule has 0 unspecified atom stereocenters. The van der Waals surface area contributed by atoms with Crippen LogP contribution in [0.3, 0.4) is 0 Å². The number of nitrogens with one attached hydrogen (secondary N) is 1. The van der Waals surface area contributed by atoms with E-state index in [0.717, 1.165) is 6.42 Å². The van der Waals surface area contributed by atoms with Gasteiger partial charge in [0.1, 0.15) is 0 Å². The summed E-state index contributed by atoms with van der Waals surface area (Å²) in [4.78, 5) is 11.3. The first-order chi connectivity index (χ1) is 8.22. The molecule has 1 rings (SSSR count). The number of amides is 1. The van der Waals surface area contributed by atoms with Gasteiger partial charge in [0.2, 0.25) is 5.91 Å². The molecule has 0 saturated heterocycles. The molecule has 2 nitrogen and oxygen atoms in total. The second-order valence-corrected chi connectivity index (χ2v) is 3.91. The molecular formula is C15H19NO. The monoisotopic (exact) mass is 229 g/mol. The number of hydrogen-bond donors (Lipinski definition) is 1. The lowest BCUT2D eigenvalue weighted by atomic mass is 10.1. The van der Waals surface area contributed by atoms with Crippen LogP contribution in [-0.4, -0.2) is 12.5 Å². The molecule has 0 aliphatic heterocycles. The summed E-state index contributed by atoms with van der Waals surface area (Å²) in [6.45, 7) is 4.66. The van der Waals surface area contributed by atoms with E-state index in [0.29, 0.717) is 6.54 Å². The van der Waals surface area contributed by atoms with Crippen LogP contribution in [0.4, 0.5) is 0 Å². The number of rotatable bonds is 5. The number of hydrogen-bond acceptors (Lipinski definition) is 1. The van der Waals surface area contributed by atoms with Crippen LogP contribution in [0, 0.1) is 6.92 Å². The number of benzene rings is 1. The third-order valence-corrected chi connectivity index (χ3v) is 2.35. The fraction of sp³-hybridized carbons (Fsp3) is 0.267. The molecule has 0 spiro atoms. The molecule has 1 amide bonds. The highest BCUT2D eigenvalue weighted by molar-refractivity contribution is 5.87. The minimum atomic E-state index is -0.0456. The SMILES string of the molecule is C/C=C/C=C/C(=O)NCCc1cccc(C)c1. The molecule has 1 N–H and O–H groups in total. The van der Waals surface area contributed by atoms with E-state index in [-0.39, 0.29) is 5.91 Å². The summed E-state index contributed by atoms with van der Waals surface area (Å²) >= 11 is 0. The van der Waals surface area contributed by atoms with E-state index in [1.54, 1.807) is 6.08 Å². The van der Waals surface area contributed by atoms with E-state index >= 15 is 0 Å². The van der Waals surface area contributed by atoms with Crippen LogP contribution in [0.15, 0.2) is 48.6 Å². The fourth-order valence-electron chi connectivity index (χ4n) is 1.51. The zero-order valence-corrected chi connectivity index (χ0v) is 10.4. The van der Waals surface area contributed by atoms with E-state index in [9.17, 15) is 4.79 Å². The van der Waals surface area contributed by atoms with Crippen LogP contribution in [0.2, 0.25) is 0 Å². The number of carbonyl (C=O) groups excluding carboxylic acids is 1. The van der Waals surface area contributed by atoms with Gasteiger partial charge in [-0.2, -0.15) is 0 Å². The standard InChI is InChI=1S/C15H19NO/c1-3-4-5-9-15(17)16-11-10-14-8-6-7-13(2)12-14/h3-9,12H,10-11H2,1-2H3,(H,16,17)/b4-3+,9-5+. The van der Waals surface area contributed by atoms with Gasteiger partial charge in [-0.05, 0) is 25.8 Å². The van der Waals surface area contributed by atoms with Gasteiger partial charge in [-0.1, -0.05) is 48.1 Å². The normalized spacial score (nSPS) is 11.2. The molecule has 0 aliphatic rings. The third-order valence-electron chi connectivity index (χ3n) is 2.35. The summed E-state index contributed by atoms with van der Waals surface area (Å²) < 4.78 is 0. The topological polar surface area (TPSA) is 29.1 Å². The predicted octanol–water partition coefficient (Wildman–Crippen LogP) is 2.79. The Balaban J connectivity index is 2.30. The Morgan fingerprint density at radius 3 is 2.88 bits per heavy atom. The van der Waals surface area contributed by atoms with Crippen molar-refractivity contribution in [2.75, 3.05) is 6.54 Å². The zero-order chi connectivity index (χ0) is 12.5. The summed E-state index contributed by atoms with van der Waals surface area (Å²) in [7, 11) is 0. The van der Waals surface area contributed by atoms with E-state index in [1.165, 1.54) is 17.2 Å². The Bertz CT molecular complexity index is 419. The molecule has 0 saturated carbocycles. The lowest BCUT2D eigenvalue weighted by molar-refractivity contribution is -0.116. The molecule has 0 atom stereocenters. The minimum absolute atomic E-state index is 0.0456. The van der Waals surface area contributed by atoms with Crippen molar-refractivity contribution in [1.82, 2.24) is 5.32 Å². The Labute approximate surface area is 103 Å². The highest BCUT2D eigenvalue weighted by Gasteiger charge is 1.96. The molecule has 1 aromatic carbocycles. The van der Waals surface area contributed by atoms with E-state index in [1.807, 2.05) is 25.1 Å². The maximum absolute atomic E-state index is 11.3. The molecule has 1 aromatic rings. The first-order valence-corrected chi connectivity index (χ1v) is 5.85. The second kappa shape index (κ2) is 7.44. The number of allylic oxidation sites excluding steroid dienone is 3. The Morgan fingerprint density at radius 2 is 2.18 bits per heavy atom. The first-order valence-electron chi connectivity index (χ1n) is 5.85. The average Bonchev–Trinajstić information content (AvgIpc) is 2.29. The van der Waals surface area contributed by atoms with Crippen LogP contribution in [0.1, 0.15) is 18.1 Å². The highest BCUT2D eigenvalue weighted by Crippen LogP contribution is 2.03. The molecule has 0 fully saturated rings. The van der Waals surface area contributed by atoms with Crippen molar-refractivity contribution in [2.24, 2.45) is 0 Å². The van der Waals surface area contributed by atoms with Gasteiger partial charge in [-0.15, -0.1) is 0 Å². The van der Waals surface area contributed by atoms with Gasteiger partial charge >= 0.3 is 0 Å². The fourth-order valence-corrected chi connectivity index (χ4v) is 1.51. The lowest BCUT2D eigenvalue weighted by Crippen LogP contribution is -2.23. The van der Waals surface area contributed by atoms with Crippen LogP contribution in [0.25, 0.3) is 0 Å². The Kier molecular flexibility index (Phi) is 5.80. The molecule has 0 heterocycles. The summed E-state index contributed by atoms with van der Waals surface area (Å²) in [5.41, 5.74) is 2.50. The summed E-state index contributed by atoms with van der Waals surface area (Å²) in [6, 6.07) is 8.33. The van der Waals surface area contributed by atoms with E-state index in [2.05, 4.69) is 30.4 Å². The summed E-state index contributed by atoms with van der Waals surface area (Å²) in [6.07, 6.45) is 7.86. The highest BCUT2D eigenvalue weighted by atomic mass is 16.1. The smallest absolute Gasteiger partial charge is 0.243 e. The van der Waals surface area contributed by atoms with Crippen molar-refractivity contribution in [1.29, 1.82) is 0 Å². The van der Waals surface area contributed by atoms with Crippen LogP contribution in [-0.2, 0) is 11.2 Å². The van der Waals surface area contributed by atoms with Crippen molar-refractivity contribution in [2.45, 2.75) is 20.3 Å². The van der Waals surface area contributed by atoms with Crippen LogP contribution >= 0.6 is 0 Å². The van der Waals surface area contributed by atoms with Gasteiger partial charge in [0, 0.05) is 12.6 Å². The molecule has 90 valence electrons. The molecule has 0 bridgehead atoms. The minimum Gasteiger partial charge on any atom is -0.352 e. The maximum atomic E-state index is 11.3. The van der Waals surface area contributed by atoms with Crippen molar-refractivity contribution in [3.8, 4) is 0 Å². The molecule has 0 aromatic heterocycles. The molecule has 17 heavy (non-hydrogen) atoms. The van der Waals surface area contributed by atoms with E-state index < -0.39 is 0 Å². The third kappa shape index (κ3) is 5.71. The zero-order valence-electron chi connectivity index (χ0n) is 10.4. The Morgan fingerprint density at radius 1 is 1.35 bits per heavy atom. The summed E-state index contributed by atoms with van der Waals surface area (Å²) in [5, 5.41) is 2.85. The van der Waals surface area contributed by atoms with E-state index in [4.69, 9.17) is 0 Å². The van der Waals surface area contributed by atoms with Crippen LogP contribution < -0.4 is 5.32 Å². The second-order valence-electron chi connectivity index (χ2n) is 3.91. The summed E-state index contributed by atoms with van der Waals surface area (Å²) in [5.74, 6) is -0.0456. The van der Waals surface area contributed by atoms with Crippen molar-refractivity contribution in [3.63, 3.8) is 0 Å². The van der Waals surface area contributed by atoms with Gasteiger partial charge < -0.3 is 5.32 Å². The lowest BCUT2D eigenvalue weighted by Gasteiger charge is -2.03. The molecular weight excluding hydrogens is 210 g/mol. The van der Waals surface area contributed by atoms with Gasteiger partial charge in [-0.3, -0.25) is 4.79 Å². The van der Waals surface area contributed by atoms with Crippen molar-refractivity contribution < 1.29 is 4.79 Å². The molecule has 0 radical (unpaired) electrons. The maximum Gasteiger partial charge on any atom is 0.243 e. The number of aryl methyl sites for hydroxylation is 1. The van der Waals surface area contributed by atoms with Crippen molar-refractivity contribution >= 4 is 5.91 Å². The quantitative estimate of drug-likeness (QED) is 0.610. The molecule has 2 heteroatoms. The van der Waals surface area contributed by atoms with Crippen molar-refractivity contribution in [3.05, 3.63) is 59.7 Å². The van der Waals surface area contributed by atoms with Gasteiger partial charge in [0.15, 0.2) is 0 Å². The molecule has 0 aliphatic carbocycles. The Hall–Kier alpha value is -1.83.